The molecular weight excluding hydrogens is 309 g/mol. The Kier molecular flexibility index (Phi) is 4.26. The minimum absolute atomic E-state index is 0. The number of benzene rings is 2. The number of fused-ring (bicyclic) bond motifs is 1. The molecule has 5 heteroatoms. The zero-order chi connectivity index (χ0) is 14.3. The first kappa shape index (κ1) is 15.4. The quantitative estimate of drug-likeness (QED) is 0.639. The van der Waals surface area contributed by atoms with Gasteiger partial charge in [0.25, 0.3) is 0 Å². The van der Waals surface area contributed by atoms with Gasteiger partial charge in [0.1, 0.15) is 0 Å². The van der Waals surface area contributed by atoms with E-state index in [1.54, 1.807) is 6.07 Å². The molecule has 0 aliphatic carbocycles. The molecule has 3 aromatic rings. The molecule has 108 valence electrons. The van der Waals surface area contributed by atoms with Crippen LogP contribution in [0.3, 0.4) is 0 Å². The van der Waals surface area contributed by atoms with Gasteiger partial charge < -0.3 is 10.2 Å². The van der Waals surface area contributed by atoms with E-state index in [1.165, 1.54) is 12.1 Å². The average molecular weight is 322 g/mol. The molecule has 0 radical (unpaired) electrons. The first-order valence-corrected chi connectivity index (χ1v) is 6.53. The van der Waals surface area contributed by atoms with E-state index in [4.69, 9.17) is 11.6 Å². The van der Waals surface area contributed by atoms with Crippen LogP contribution in [0, 0.1) is 6.92 Å². The van der Waals surface area contributed by atoms with E-state index in [-0.39, 0.29) is 23.9 Å². The van der Waals surface area contributed by atoms with Crippen molar-refractivity contribution in [1.29, 1.82) is 0 Å². The third-order valence-electron chi connectivity index (χ3n) is 3.33. The van der Waals surface area contributed by atoms with Crippen LogP contribution in [0.2, 0.25) is 5.02 Å². The Morgan fingerprint density at radius 3 is 2.43 bits per heavy atom. The van der Waals surface area contributed by atoms with E-state index in [9.17, 15) is 10.2 Å². The average Bonchev–Trinajstić information content (AvgIpc) is 2.46. The summed E-state index contributed by atoms with van der Waals surface area (Å²) >= 11 is 6.39. The van der Waals surface area contributed by atoms with E-state index in [0.29, 0.717) is 16.3 Å². The topological polar surface area (TPSA) is 53.4 Å². The number of nitrogens with zero attached hydrogens (tertiary/aromatic N) is 1. The Morgan fingerprint density at radius 2 is 1.71 bits per heavy atom. The summed E-state index contributed by atoms with van der Waals surface area (Å²) in [6.07, 6.45) is 0. The molecule has 0 saturated heterocycles. The predicted octanol–water partition coefficient (Wildman–Crippen LogP) is 4.70. The summed E-state index contributed by atoms with van der Waals surface area (Å²) in [4.78, 5) is 4.55. The van der Waals surface area contributed by atoms with Gasteiger partial charge in [0, 0.05) is 10.9 Å². The van der Waals surface area contributed by atoms with Crippen LogP contribution in [0.1, 0.15) is 5.56 Å². The molecule has 3 nitrogen and oxygen atoms in total. The second kappa shape index (κ2) is 5.80. The van der Waals surface area contributed by atoms with Crippen LogP contribution in [0.5, 0.6) is 11.5 Å². The number of aromatic nitrogens is 1. The molecule has 0 spiro atoms. The molecular formula is C16H13Cl2NO2. The fourth-order valence-corrected chi connectivity index (χ4v) is 2.47. The molecule has 0 fully saturated rings. The lowest BCUT2D eigenvalue weighted by Gasteiger charge is -2.10. The molecule has 1 heterocycles. The van der Waals surface area contributed by atoms with Crippen LogP contribution in [-0.2, 0) is 0 Å². The molecule has 0 bridgehead atoms. The number of para-hydroxylation sites is 1. The van der Waals surface area contributed by atoms with Gasteiger partial charge in [-0.1, -0.05) is 29.8 Å². The normalized spacial score (nSPS) is 10.4. The summed E-state index contributed by atoms with van der Waals surface area (Å²) < 4.78 is 0. The van der Waals surface area contributed by atoms with Crippen LogP contribution in [0.25, 0.3) is 22.2 Å². The van der Waals surface area contributed by atoms with Crippen molar-refractivity contribution in [2.24, 2.45) is 0 Å². The van der Waals surface area contributed by atoms with Crippen molar-refractivity contribution in [2.45, 2.75) is 6.92 Å². The van der Waals surface area contributed by atoms with Gasteiger partial charge in [0.15, 0.2) is 11.5 Å². The summed E-state index contributed by atoms with van der Waals surface area (Å²) in [7, 11) is 0. The Hall–Kier alpha value is -1.97. The fourth-order valence-electron chi connectivity index (χ4n) is 2.22. The lowest BCUT2D eigenvalue weighted by Crippen LogP contribution is -1.91. The van der Waals surface area contributed by atoms with E-state index < -0.39 is 0 Å². The monoisotopic (exact) mass is 321 g/mol. The molecule has 2 N–H and O–H groups in total. The van der Waals surface area contributed by atoms with Gasteiger partial charge in [-0.3, -0.25) is 0 Å². The first-order valence-electron chi connectivity index (χ1n) is 6.15. The van der Waals surface area contributed by atoms with E-state index in [0.717, 1.165) is 16.5 Å². The lowest BCUT2D eigenvalue weighted by atomic mass is 10.0. The second-order valence-electron chi connectivity index (χ2n) is 4.62. The van der Waals surface area contributed by atoms with Gasteiger partial charge in [-0.2, -0.15) is 0 Å². The fraction of sp³-hybridized carbons (Fsp3) is 0.0625. The SMILES string of the molecule is Cc1c(Cl)c(-c2ccc(O)c(O)c2)nc2ccccc12.Cl. The predicted molar refractivity (Wildman–Crippen MR) is 87.5 cm³/mol. The van der Waals surface area contributed by atoms with E-state index in [2.05, 4.69) is 4.98 Å². The van der Waals surface area contributed by atoms with Crippen LogP contribution < -0.4 is 0 Å². The van der Waals surface area contributed by atoms with Crippen molar-refractivity contribution >= 4 is 34.9 Å². The van der Waals surface area contributed by atoms with Gasteiger partial charge in [-0.15, -0.1) is 12.4 Å². The summed E-state index contributed by atoms with van der Waals surface area (Å²) in [5.74, 6) is -0.353. The molecule has 2 aromatic carbocycles. The molecule has 0 aliphatic rings. The van der Waals surface area contributed by atoms with Gasteiger partial charge in [-0.25, -0.2) is 4.98 Å². The number of rotatable bonds is 1. The smallest absolute Gasteiger partial charge is 0.158 e. The number of phenolic OH excluding ortho intramolecular Hbond substituents is 2. The number of hydrogen-bond donors (Lipinski definition) is 2. The Balaban J connectivity index is 0.00000161. The van der Waals surface area contributed by atoms with Gasteiger partial charge in [0.05, 0.1) is 16.2 Å². The van der Waals surface area contributed by atoms with Crippen LogP contribution in [0.4, 0.5) is 0 Å². The minimum atomic E-state index is -0.189. The maximum absolute atomic E-state index is 9.61. The van der Waals surface area contributed by atoms with Gasteiger partial charge in [-0.05, 0) is 36.8 Å². The number of hydrogen-bond acceptors (Lipinski definition) is 3. The summed E-state index contributed by atoms with van der Waals surface area (Å²) in [6.45, 7) is 1.94. The Morgan fingerprint density at radius 1 is 1.00 bits per heavy atom. The third kappa shape index (κ3) is 2.62. The highest BCUT2D eigenvalue weighted by atomic mass is 35.5. The Labute approximate surface area is 133 Å². The van der Waals surface area contributed by atoms with Crippen molar-refractivity contribution in [3.63, 3.8) is 0 Å². The molecule has 1 aromatic heterocycles. The standard InChI is InChI=1S/C16H12ClNO2.ClH/c1-9-11-4-2-3-5-12(11)18-16(15(9)17)10-6-7-13(19)14(20)8-10;/h2-8,19-20H,1H3;1H. The molecule has 21 heavy (non-hydrogen) atoms. The summed E-state index contributed by atoms with van der Waals surface area (Å²) in [5, 5.41) is 20.6. The highest BCUT2D eigenvalue weighted by molar-refractivity contribution is 6.34. The largest absolute Gasteiger partial charge is 0.504 e. The molecule has 0 amide bonds. The lowest BCUT2D eigenvalue weighted by molar-refractivity contribution is 0.404. The minimum Gasteiger partial charge on any atom is -0.504 e. The van der Waals surface area contributed by atoms with Crippen LogP contribution >= 0.6 is 24.0 Å². The van der Waals surface area contributed by atoms with E-state index >= 15 is 0 Å². The maximum atomic E-state index is 9.61. The maximum Gasteiger partial charge on any atom is 0.158 e. The molecule has 0 saturated carbocycles. The molecule has 0 aliphatic heterocycles. The number of halogens is 2. The summed E-state index contributed by atoms with van der Waals surface area (Å²) in [5.41, 5.74) is 3.05. The number of aryl methyl sites for hydroxylation is 1. The zero-order valence-corrected chi connectivity index (χ0v) is 12.7. The number of pyridine rings is 1. The highest BCUT2D eigenvalue weighted by Gasteiger charge is 2.13. The highest BCUT2D eigenvalue weighted by Crippen LogP contribution is 2.36. The molecule has 0 unspecified atom stereocenters. The van der Waals surface area contributed by atoms with Crippen molar-refractivity contribution in [2.75, 3.05) is 0 Å². The van der Waals surface area contributed by atoms with Crippen molar-refractivity contribution in [1.82, 2.24) is 4.98 Å². The van der Waals surface area contributed by atoms with Gasteiger partial charge in [0.2, 0.25) is 0 Å². The zero-order valence-electron chi connectivity index (χ0n) is 11.2. The number of aromatic hydroxyl groups is 2. The number of phenols is 2. The van der Waals surface area contributed by atoms with Crippen LogP contribution in [0.15, 0.2) is 42.5 Å². The van der Waals surface area contributed by atoms with Crippen molar-refractivity contribution in [3.05, 3.63) is 53.1 Å². The first-order chi connectivity index (χ1) is 9.58. The molecule has 3 rings (SSSR count). The second-order valence-corrected chi connectivity index (χ2v) is 5.00. The summed E-state index contributed by atoms with van der Waals surface area (Å²) in [6, 6.07) is 12.3. The van der Waals surface area contributed by atoms with Crippen molar-refractivity contribution < 1.29 is 10.2 Å². The van der Waals surface area contributed by atoms with Crippen LogP contribution in [-0.4, -0.2) is 15.2 Å². The van der Waals surface area contributed by atoms with Crippen molar-refractivity contribution in [3.8, 4) is 22.8 Å². The third-order valence-corrected chi connectivity index (χ3v) is 3.79. The van der Waals surface area contributed by atoms with Gasteiger partial charge >= 0.3 is 0 Å². The van der Waals surface area contributed by atoms with E-state index in [1.807, 2.05) is 31.2 Å². The molecule has 0 atom stereocenters. The Bertz CT molecular complexity index is 819.